The Morgan fingerprint density at radius 1 is 1.18 bits per heavy atom. The Hall–Kier alpha value is -2.82. The van der Waals surface area contributed by atoms with Crippen molar-refractivity contribution >= 4 is 17.6 Å². The second kappa shape index (κ2) is 8.46. The first-order valence-corrected chi connectivity index (χ1v) is 9.74. The second-order valence-corrected chi connectivity index (χ2v) is 7.45. The van der Waals surface area contributed by atoms with Crippen molar-refractivity contribution in [1.29, 1.82) is 0 Å². The molecule has 0 aromatic heterocycles. The number of carbonyl (C=O) groups is 2. The third-order valence-electron chi connectivity index (χ3n) is 4.92. The molecule has 148 valence electrons. The fraction of sp³-hybridized carbons (Fsp3) is 0.391. The summed E-state index contributed by atoms with van der Waals surface area (Å²) < 4.78 is 11.2. The van der Waals surface area contributed by atoms with Crippen LogP contribution in [0.2, 0.25) is 0 Å². The van der Waals surface area contributed by atoms with Gasteiger partial charge in [-0.3, -0.25) is 9.59 Å². The number of rotatable bonds is 6. The second-order valence-electron chi connectivity index (χ2n) is 7.45. The fourth-order valence-corrected chi connectivity index (χ4v) is 3.40. The molecule has 1 aliphatic heterocycles. The van der Waals surface area contributed by atoms with Gasteiger partial charge in [-0.05, 0) is 61.2 Å². The largest absolute Gasteiger partial charge is 0.494 e. The van der Waals surface area contributed by atoms with E-state index in [0.717, 1.165) is 22.6 Å². The smallest absolute Gasteiger partial charge is 0.316 e. The molecule has 2 aromatic carbocycles. The summed E-state index contributed by atoms with van der Waals surface area (Å²) >= 11 is 0. The lowest BCUT2D eigenvalue weighted by atomic mass is 10.0. The summed E-state index contributed by atoms with van der Waals surface area (Å²) in [6.07, 6.45) is 0.162. The topological polar surface area (TPSA) is 55.8 Å². The van der Waals surface area contributed by atoms with Crippen LogP contribution >= 0.6 is 0 Å². The van der Waals surface area contributed by atoms with Gasteiger partial charge in [0.15, 0.2) is 0 Å². The molecule has 5 nitrogen and oxygen atoms in total. The minimum absolute atomic E-state index is 0.0700. The average Bonchev–Trinajstić information content (AvgIpc) is 3.04. The summed E-state index contributed by atoms with van der Waals surface area (Å²) in [4.78, 5) is 26.9. The van der Waals surface area contributed by atoms with Gasteiger partial charge >= 0.3 is 5.97 Å². The maximum absolute atomic E-state index is 12.7. The van der Waals surface area contributed by atoms with Gasteiger partial charge in [0.2, 0.25) is 5.91 Å². The molecule has 3 rings (SSSR count). The SMILES string of the molecule is CCOc1ccc(N2C[C@H](C(=O)Oc3cc(C)ccc3C(C)C)CC2=O)cc1. The number of benzene rings is 2. The van der Waals surface area contributed by atoms with Crippen LogP contribution in [0, 0.1) is 12.8 Å². The highest BCUT2D eigenvalue weighted by atomic mass is 16.5. The Morgan fingerprint density at radius 2 is 1.89 bits per heavy atom. The summed E-state index contributed by atoms with van der Waals surface area (Å²) in [5.41, 5.74) is 2.79. The van der Waals surface area contributed by atoms with E-state index < -0.39 is 5.92 Å². The number of hydrogen-bond acceptors (Lipinski definition) is 4. The maximum atomic E-state index is 12.7. The van der Waals surface area contributed by atoms with Crippen LogP contribution in [-0.2, 0) is 9.59 Å². The van der Waals surface area contributed by atoms with Crippen LogP contribution in [0.25, 0.3) is 0 Å². The first-order chi connectivity index (χ1) is 13.4. The van der Waals surface area contributed by atoms with E-state index in [4.69, 9.17) is 9.47 Å². The summed E-state index contributed by atoms with van der Waals surface area (Å²) in [7, 11) is 0. The van der Waals surface area contributed by atoms with Crippen LogP contribution in [-0.4, -0.2) is 25.0 Å². The fourth-order valence-electron chi connectivity index (χ4n) is 3.40. The monoisotopic (exact) mass is 381 g/mol. The van der Waals surface area contributed by atoms with Gasteiger partial charge in [-0.25, -0.2) is 0 Å². The first kappa shape index (κ1) is 19.9. The Bertz CT molecular complexity index is 857. The van der Waals surface area contributed by atoms with E-state index in [-0.39, 0.29) is 24.2 Å². The van der Waals surface area contributed by atoms with E-state index in [2.05, 4.69) is 13.8 Å². The van der Waals surface area contributed by atoms with Crippen LogP contribution in [0.3, 0.4) is 0 Å². The minimum atomic E-state index is -0.473. The Balaban J connectivity index is 1.71. The van der Waals surface area contributed by atoms with Gasteiger partial charge in [0, 0.05) is 18.7 Å². The summed E-state index contributed by atoms with van der Waals surface area (Å²) in [6.45, 7) is 8.94. The van der Waals surface area contributed by atoms with E-state index >= 15 is 0 Å². The minimum Gasteiger partial charge on any atom is -0.494 e. The molecule has 0 aliphatic carbocycles. The lowest BCUT2D eigenvalue weighted by molar-refractivity contribution is -0.139. The number of esters is 1. The molecule has 1 saturated heterocycles. The van der Waals surface area contributed by atoms with Gasteiger partial charge in [0.1, 0.15) is 11.5 Å². The molecule has 1 fully saturated rings. The molecule has 2 aromatic rings. The van der Waals surface area contributed by atoms with Crippen molar-refractivity contribution < 1.29 is 19.1 Å². The Kier molecular flexibility index (Phi) is 6.02. The third-order valence-corrected chi connectivity index (χ3v) is 4.92. The van der Waals surface area contributed by atoms with Crippen LogP contribution in [0.4, 0.5) is 5.69 Å². The number of carbonyl (C=O) groups excluding carboxylic acids is 2. The number of amides is 1. The molecule has 0 radical (unpaired) electrons. The van der Waals surface area contributed by atoms with Crippen molar-refractivity contribution in [2.24, 2.45) is 5.92 Å². The van der Waals surface area contributed by atoms with E-state index in [9.17, 15) is 9.59 Å². The van der Waals surface area contributed by atoms with E-state index in [1.165, 1.54) is 0 Å². The van der Waals surface area contributed by atoms with Crippen LogP contribution < -0.4 is 14.4 Å². The Morgan fingerprint density at radius 3 is 2.54 bits per heavy atom. The molecule has 1 atom stereocenters. The van der Waals surface area contributed by atoms with Crippen molar-refractivity contribution in [2.45, 2.75) is 40.0 Å². The van der Waals surface area contributed by atoms with Crippen molar-refractivity contribution in [1.82, 2.24) is 0 Å². The molecule has 1 amide bonds. The average molecular weight is 381 g/mol. The van der Waals surface area contributed by atoms with E-state index in [1.54, 1.807) is 4.90 Å². The molecule has 1 aliphatic rings. The van der Waals surface area contributed by atoms with Crippen molar-refractivity contribution in [3.05, 3.63) is 53.6 Å². The quantitative estimate of drug-likeness (QED) is 0.547. The summed E-state index contributed by atoms with van der Waals surface area (Å²) in [5.74, 6) is 0.698. The van der Waals surface area contributed by atoms with Crippen molar-refractivity contribution in [3.63, 3.8) is 0 Å². The molecular weight excluding hydrogens is 354 g/mol. The molecule has 5 heteroatoms. The van der Waals surface area contributed by atoms with Gasteiger partial charge in [0.25, 0.3) is 0 Å². The third kappa shape index (κ3) is 4.35. The number of ether oxygens (including phenoxy) is 2. The molecule has 0 saturated carbocycles. The number of nitrogens with zero attached hydrogens (tertiary/aromatic N) is 1. The molecule has 1 heterocycles. The predicted molar refractivity (Wildman–Crippen MR) is 109 cm³/mol. The highest BCUT2D eigenvalue weighted by Gasteiger charge is 2.36. The first-order valence-electron chi connectivity index (χ1n) is 9.74. The molecule has 0 unspecified atom stereocenters. The lowest BCUT2D eigenvalue weighted by Crippen LogP contribution is -2.27. The van der Waals surface area contributed by atoms with Gasteiger partial charge in [-0.2, -0.15) is 0 Å². The molecule has 0 N–H and O–H groups in total. The van der Waals surface area contributed by atoms with Crippen molar-refractivity contribution in [2.75, 3.05) is 18.1 Å². The summed E-state index contributed by atoms with van der Waals surface area (Å²) in [5, 5.41) is 0. The van der Waals surface area contributed by atoms with Crippen LogP contribution in [0.15, 0.2) is 42.5 Å². The van der Waals surface area contributed by atoms with Gasteiger partial charge in [-0.15, -0.1) is 0 Å². The highest BCUT2D eigenvalue weighted by molar-refractivity contribution is 5.99. The number of anilines is 1. The lowest BCUT2D eigenvalue weighted by Gasteiger charge is -2.18. The summed E-state index contributed by atoms with van der Waals surface area (Å²) in [6, 6.07) is 13.2. The van der Waals surface area contributed by atoms with Gasteiger partial charge in [0.05, 0.1) is 12.5 Å². The van der Waals surface area contributed by atoms with Gasteiger partial charge < -0.3 is 14.4 Å². The highest BCUT2D eigenvalue weighted by Crippen LogP contribution is 2.31. The van der Waals surface area contributed by atoms with Crippen molar-refractivity contribution in [3.8, 4) is 11.5 Å². The van der Waals surface area contributed by atoms with E-state index in [1.807, 2.05) is 56.3 Å². The standard InChI is InChI=1S/C23H27NO4/c1-5-27-19-9-7-18(8-10-19)24-14-17(13-22(24)25)23(26)28-21-12-16(4)6-11-20(21)15(2)3/h6-12,15,17H,5,13-14H2,1-4H3/t17-/m1/s1. The van der Waals surface area contributed by atoms with Crippen LogP contribution in [0.5, 0.6) is 11.5 Å². The zero-order valence-electron chi connectivity index (χ0n) is 16.9. The molecule has 28 heavy (non-hydrogen) atoms. The van der Waals surface area contributed by atoms with Gasteiger partial charge in [-0.1, -0.05) is 26.0 Å². The zero-order chi connectivity index (χ0) is 20.3. The number of hydrogen-bond donors (Lipinski definition) is 0. The van der Waals surface area contributed by atoms with E-state index in [0.29, 0.717) is 18.9 Å². The molecule has 0 bridgehead atoms. The Labute approximate surface area is 166 Å². The predicted octanol–water partition coefficient (Wildman–Crippen LogP) is 4.48. The number of aryl methyl sites for hydroxylation is 1. The normalized spacial score (nSPS) is 16.5. The molecule has 0 spiro atoms. The zero-order valence-corrected chi connectivity index (χ0v) is 16.9. The maximum Gasteiger partial charge on any atom is 0.316 e. The van der Waals surface area contributed by atoms with Crippen LogP contribution in [0.1, 0.15) is 44.2 Å². The molecular formula is C23H27NO4.